The first-order chi connectivity index (χ1) is 11.7. The standard InChI is InChI=1S/3C6H5.C2H3ClO2.Bi/c3*1-2-4-6-5-3-1;3-1-2(4)5;/h3*1-5H;1H2,(H,4,5);. The summed E-state index contributed by atoms with van der Waals surface area (Å²) >= 11 is 2.67. The fourth-order valence-electron chi connectivity index (χ4n) is 2.18. The van der Waals surface area contributed by atoms with E-state index in [-0.39, 0.29) is 5.88 Å². The van der Waals surface area contributed by atoms with Crippen LogP contribution in [0.25, 0.3) is 0 Å². The predicted molar refractivity (Wildman–Crippen MR) is 102 cm³/mol. The van der Waals surface area contributed by atoms with Crippen molar-refractivity contribution in [3.8, 4) is 0 Å². The zero-order valence-corrected chi connectivity index (χ0v) is 17.3. The zero-order valence-electron chi connectivity index (χ0n) is 13.0. The Labute approximate surface area is 155 Å². The molecule has 0 aromatic heterocycles. The maximum absolute atomic E-state index is 9.24. The number of carboxylic acids is 1. The average Bonchev–Trinajstić information content (AvgIpc) is 2.65. The van der Waals surface area contributed by atoms with E-state index in [2.05, 4.69) is 91.0 Å². The van der Waals surface area contributed by atoms with E-state index < -0.39 is 27.7 Å². The Bertz CT molecular complexity index is 639. The van der Waals surface area contributed by atoms with Gasteiger partial charge in [0, 0.05) is 0 Å². The summed E-state index contributed by atoms with van der Waals surface area (Å²) in [4.78, 5) is 9.24. The van der Waals surface area contributed by atoms with Gasteiger partial charge in [-0.2, -0.15) is 0 Å². The van der Waals surface area contributed by atoms with Gasteiger partial charge in [0.05, 0.1) is 0 Å². The molecular weight excluding hydrogens is 517 g/mol. The van der Waals surface area contributed by atoms with Crippen molar-refractivity contribution in [3.05, 3.63) is 91.0 Å². The second-order valence-electron chi connectivity index (χ2n) is 4.87. The van der Waals surface area contributed by atoms with Crippen LogP contribution in [0.15, 0.2) is 91.0 Å². The molecule has 122 valence electrons. The molecular formula is C20H18BiClO2. The summed E-state index contributed by atoms with van der Waals surface area (Å²) in [5.41, 5.74) is 0. The predicted octanol–water partition coefficient (Wildman–Crippen LogP) is 2.51. The van der Waals surface area contributed by atoms with Gasteiger partial charge in [-0.1, -0.05) is 0 Å². The number of carbonyl (C=O) groups is 1. The molecule has 0 saturated carbocycles. The Morgan fingerprint density at radius 1 is 0.708 bits per heavy atom. The van der Waals surface area contributed by atoms with E-state index in [0.717, 1.165) is 0 Å². The van der Waals surface area contributed by atoms with E-state index in [0.29, 0.717) is 0 Å². The summed E-state index contributed by atoms with van der Waals surface area (Å²) in [6.07, 6.45) is 0. The van der Waals surface area contributed by atoms with Crippen LogP contribution in [0.5, 0.6) is 0 Å². The SMILES string of the molecule is O=C(O)CCl.c1cc[c]([Bi]([c]2ccccc2)[c]2ccccc2)cc1. The molecule has 2 nitrogen and oxygen atoms in total. The summed E-state index contributed by atoms with van der Waals surface area (Å²) in [7, 11) is 0. The molecule has 3 rings (SSSR count). The molecule has 0 atom stereocenters. The van der Waals surface area contributed by atoms with E-state index in [1.807, 2.05) is 0 Å². The van der Waals surface area contributed by atoms with Gasteiger partial charge in [-0.3, -0.25) is 4.79 Å². The quantitative estimate of drug-likeness (QED) is 0.413. The van der Waals surface area contributed by atoms with Crippen molar-refractivity contribution in [2.75, 3.05) is 5.88 Å². The minimum atomic E-state index is -2.06. The number of benzene rings is 3. The summed E-state index contributed by atoms with van der Waals surface area (Å²) in [5.74, 6) is -1.29. The zero-order chi connectivity index (χ0) is 17.2. The van der Waals surface area contributed by atoms with Crippen LogP contribution in [0.4, 0.5) is 0 Å². The van der Waals surface area contributed by atoms with Crippen LogP contribution in [0, 0.1) is 0 Å². The topological polar surface area (TPSA) is 37.3 Å². The fraction of sp³-hybridized carbons (Fsp3) is 0.0500. The van der Waals surface area contributed by atoms with E-state index in [1.165, 1.54) is 9.81 Å². The number of carboxylic acid groups (broad SMARTS) is 1. The molecule has 0 fully saturated rings. The summed E-state index contributed by atoms with van der Waals surface area (Å²) < 4.78 is 4.61. The Balaban J connectivity index is 0.000000368. The second kappa shape index (κ2) is 10.2. The summed E-state index contributed by atoms with van der Waals surface area (Å²) in [5, 5.41) is 7.59. The number of alkyl halides is 1. The van der Waals surface area contributed by atoms with E-state index in [1.54, 1.807) is 0 Å². The van der Waals surface area contributed by atoms with Gasteiger partial charge in [0.15, 0.2) is 0 Å². The van der Waals surface area contributed by atoms with Gasteiger partial charge in [0.1, 0.15) is 5.88 Å². The van der Waals surface area contributed by atoms with E-state index >= 15 is 0 Å². The third-order valence-corrected chi connectivity index (χ3v) is 12.9. The van der Waals surface area contributed by atoms with Crippen molar-refractivity contribution in [3.63, 3.8) is 0 Å². The number of halogens is 1. The number of aliphatic carboxylic acids is 1. The van der Waals surface area contributed by atoms with Crippen LogP contribution in [0.3, 0.4) is 0 Å². The Morgan fingerprint density at radius 2 is 0.958 bits per heavy atom. The van der Waals surface area contributed by atoms with E-state index in [9.17, 15) is 4.79 Å². The van der Waals surface area contributed by atoms with Gasteiger partial charge < -0.3 is 5.11 Å². The third kappa shape index (κ3) is 5.74. The van der Waals surface area contributed by atoms with Crippen LogP contribution in [0.1, 0.15) is 0 Å². The molecule has 24 heavy (non-hydrogen) atoms. The molecule has 0 aliphatic heterocycles. The van der Waals surface area contributed by atoms with Crippen molar-refractivity contribution in [2.24, 2.45) is 0 Å². The van der Waals surface area contributed by atoms with Crippen LogP contribution >= 0.6 is 11.6 Å². The van der Waals surface area contributed by atoms with Gasteiger partial charge in [-0.05, 0) is 0 Å². The molecule has 3 aromatic carbocycles. The maximum atomic E-state index is 9.24. The molecule has 0 amide bonds. The van der Waals surface area contributed by atoms with Crippen LogP contribution in [0.2, 0.25) is 0 Å². The van der Waals surface area contributed by atoms with Crippen molar-refractivity contribution in [1.29, 1.82) is 0 Å². The molecule has 0 bridgehead atoms. The Kier molecular flexibility index (Phi) is 7.94. The number of rotatable bonds is 4. The van der Waals surface area contributed by atoms with Crippen LogP contribution in [-0.4, -0.2) is 38.7 Å². The van der Waals surface area contributed by atoms with Gasteiger partial charge in [0.25, 0.3) is 0 Å². The molecule has 3 aromatic rings. The Hall–Kier alpha value is -1.70. The van der Waals surface area contributed by atoms with Crippen LogP contribution in [-0.2, 0) is 4.79 Å². The minimum absolute atomic E-state index is 0.306. The Morgan fingerprint density at radius 3 is 1.17 bits per heavy atom. The second-order valence-corrected chi connectivity index (χ2v) is 13.8. The fourth-order valence-corrected chi connectivity index (χ4v) is 11.1. The first-order valence-electron chi connectivity index (χ1n) is 7.45. The normalized spacial score (nSPS) is 9.92. The molecule has 0 radical (unpaired) electrons. The molecule has 0 aliphatic carbocycles. The molecule has 0 spiro atoms. The molecule has 0 aliphatic rings. The van der Waals surface area contributed by atoms with Crippen LogP contribution < -0.4 is 9.81 Å². The molecule has 4 heteroatoms. The van der Waals surface area contributed by atoms with Crippen molar-refractivity contribution in [1.82, 2.24) is 0 Å². The monoisotopic (exact) mass is 534 g/mol. The number of hydrogen-bond acceptors (Lipinski definition) is 1. The number of hydrogen-bond donors (Lipinski definition) is 1. The van der Waals surface area contributed by atoms with E-state index in [4.69, 9.17) is 16.7 Å². The van der Waals surface area contributed by atoms with Crippen molar-refractivity contribution < 1.29 is 9.90 Å². The van der Waals surface area contributed by atoms with Gasteiger partial charge in [-0.25, -0.2) is 0 Å². The summed E-state index contributed by atoms with van der Waals surface area (Å²) in [6.45, 7) is 0. The molecule has 0 saturated heterocycles. The first-order valence-corrected chi connectivity index (χ1v) is 13.2. The molecule has 0 unspecified atom stereocenters. The summed E-state index contributed by atoms with van der Waals surface area (Å²) in [6, 6.07) is 33.0. The third-order valence-electron chi connectivity index (χ3n) is 3.16. The van der Waals surface area contributed by atoms with Crippen molar-refractivity contribution in [2.45, 2.75) is 0 Å². The first kappa shape index (κ1) is 18.6. The van der Waals surface area contributed by atoms with Crippen molar-refractivity contribution >= 4 is 49.1 Å². The van der Waals surface area contributed by atoms with Gasteiger partial charge in [0.2, 0.25) is 0 Å². The molecule has 0 heterocycles. The van der Waals surface area contributed by atoms with Gasteiger partial charge in [-0.15, -0.1) is 11.6 Å². The average molecular weight is 535 g/mol. The van der Waals surface area contributed by atoms with Gasteiger partial charge >= 0.3 is 129 Å². The molecule has 1 N–H and O–H groups in total.